The minimum atomic E-state index is -0.0244. The van der Waals surface area contributed by atoms with Crippen molar-refractivity contribution in [3.63, 3.8) is 0 Å². The molecule has 1 aliphatic heterocycles. The maximum absolute atomic E-state index is 12.0. The van der Waals surface area contributed by atoms with Crippen molar-refractivity contribution in [2.24, 2.45) is 0 Å². The number of benzene rings is 1. The van der Waals surface area contributed by atoms with Crippen molar-refractivity contribution in [1.82, 2.24) is 10.2 Å². The molecule has 1 amide bonds. The fourth-order valence-electron chi connectivity index (χ4n) is 2.07. The minimum Gasteiger partial charge on any atom is -0.483 e. The van der Waals surface area contributed by atoms with Crippen LogP contribution in [0.25, 0.3) is 0 Å². The van der Waals surface area contributed by atoms with Crippen molar-refractivity contribution >= 4 is 17.5 Å². The first-order valence-electron chi connectivity index (χ1n) is 6.62. The molecule has 0 saturated carbocycles. The van der Waals surface area contributed by atoms with Crippen molar-refractivity contribution in [1.29, 1.82) is 0 Å². The van der Waals surface area contributed by atoms with Gasteiger partial charge >= 0.3 is 0 Å². The van der Waals surface area contributed by atoms with Gasteiger partial charge in [0.2, 0.25) is 0 Å². The number of amides is 1. The molecule has 1 aromatic rings. The Morgan fingerprint density at radius 2 is 2.20 bits per heavy atom. The lowest BCUT2D eigenvalue weighted by Gasteiger charge is -2.26. The summed E-state index contributed by atoms with van der Waals surface area (Å²) in [5, 5.41) is 3.67. The highest BCUT2D eigenvalue weighted by atomic mass is 35.5. The number of morpholine rings is 1. The van der Waals surface area contributed by atoms with Crippen LogP contribution in [0.4, 0.5) is 0 Å². The highest BCUT2D eigenvalue weighted by Crippen LogP contribution is 2.26. The smallest absolute Gasteiger partial charge is 0.260 e. The van der Waals surface area contributed by atoms with Crippen LogP contribution in [0.1, 0.15) is 5.56 Å². The van der Waals surface area contributed by atoms with Gasteiger partial charge < -0.3 is 19.7 Å². The van der Waals surface area contributed by atoms with Gasteiger partial charge in [0, 0.05) is 30.2 Å². The van der Waals surface area contributed by atoms with Crippen molar-refractivity contribution in [3.05, 3.63) is 28.8 Å². The van der Waals surface area contributed by atoms with Crippen molar-refractivity contribution in [2.45, 2.75) is 6.54 Å². The second kappa shape index (κ2) is 7.47. The number of carbonyl (C=O) groups is 1. The fraction of sp³-hybridized carbons (Fsp3) is 0.500. The molecule has 1 saturated heterocycles. The summed E-state index contributed by atoms with van der Waals surface area (Å²) < 4.78 is 10.8. The molecule has 1 aromatic carbocycles. The summed E-state index contributed by atoms with van der Waals surface area (Å²) in [6.45, 7) is 3.06. The Kier molecular flexibility index (Phi) is 5.64. The molecule has 6 heteroatoms. The molecule has 0 radical (unpaired) electrons. The summed E-state index contributed by atoms with van der Waals surface area (Å²) in [4.78, 5) is 13.8. The van der Waals surface area contributed by atoms with E-state index in [9.17, 15) is 4.79 Å². The Morgan fingerprint density at radius 3 is 2.90 bits per heavy atom. The summed E-state index contributed by atoms with van der Waals surface area (Å²) in [7, 11) is 1.84. The third kappa shape index (κ3) is 3.85. The molecule has 2 rings (SSSR count). The lowest BCUT2D eigenvalue weighted by molar-refractivity contribution is -0.137. The molecule has 0 atom stereocenters. The second-order valence-electron chi connectivity index (χ2n) is 4.53. The first kappa shape index (κ1) is 15.1. The SMILES string of the molecule is CNCc1c(Cl)cccc1OCC(=O)N1CCOCC1. The van der Waals surface area contributed by atoms with E-state index in [0.29, 0.717) is 43.6 Å². The average molecular weight is 299 g/mol. The summed E-state index contributed by atoms with van der Waals surface area (Å²) in [6, 6.07) is 5.45. The van der Waals surface area contributed by atoms with E-state index in [-0.39, 0.29) is 12.5 Å². The molecule has 5 nitrogen and oxygen atoms in total. The molecule has 1 fully saturated rings. The van der Waals surface area contributed by atoms with Crippen LogP contribution in [-0.4, -0.2) is 50.8 Å². The highest BCUT2D eigenvalue weighted by molar-refractivity contribution is 6.31. The van der Waals surface area contributed by atoms with Crippen molar-refractivity contribution in [3.8, 4) is 5.75 Å². The van der Waals surface area contributed by atoms with Crippen LogP contribution >= 0.6 is 11.6 Å². The Bertz CT molecular complexity index is 462. The third-order valence-corrected chi connectivity index (χ3v) is 3.50. The molecule has 1 aliphatic rings. The topological polar surface area (TPSA) is 50.8 Å². The number of nitrogens with zero attached hydrogens (tertiary/aromatic N) is 1. The second-order valence-corrected chi connectivity index (χ2v) is 4.94. The number of halogens is 1. The Balaban J connectivity index is 1.96. The molecule has 0 bridgehead atoms. The zero-order valence-electron chi connectivity index (χ0n) is 11.5. The Hall–Kier alpha value is -1.30. The maximum atomic E-state index is 12.0. The van der Waals surface area contributed by atoms with Gasteiger partial charge in [-0.2, -0.15) is 0 Å². The fourth-order valence-corrected chi connectivity index (χ4v) is 2.30. The quantitative estimate of drug-likeness (QED) is 0.890. The van der Waals surface area contributed by atoms with Crippen molar-refractivity contribution < 1.29 is 14.3 Å². The Labute approximate surface area is 123 Å². The van der Waals surface area contributed by atoms with Gasteiger partial charge in [-0.25, -0.2) is 0 Å². The van der Waals surface area contributed by atoms with Gasteiger partial charge in [0.1, 0.15) is 5.75 Å². The highest BCUT2D eigenvalue weighted by Gasteiger charge is 2.18. The lowest BCUT2D eigenvalue weighted by Crippen LogP contribution is -2.43. The number of carbonyl (C=O) groups excluding carboxylic acids is 1. The summed E-state index contributed by atoms with van der Waals surface area (Å²) in [6.07, 6.45) is 0. The van der Waals surface area contributed by atoms with Gasteiger partial charge in [0.15, 0.2) is 6.61 Å². The zero-order valence-corrected chi connectivity index (χ0v) is 12.3. The first-order chi connectivity index (χ1) is 9.72. The molecule has 110 valence electrons. The van der Waals surface area contributed by atoms with Gasteiger partial charge in [-0.3, -0.25) is 4.79 Å². The molecule has 0 unspecified atom stereocenters. The normalized spacial score (nSPS) is 15.2. The lowest BCUT2D eigenvalue weighted by atomic mass is 10.2. The van der Waals surface area contributed by atoms with E-state index in [0.717, 1.165) is 5.56 Å². The van der Waals surface area contributed by atoms with E-state index in [1.54, 1.807) is 4.90 Å². The number of ether oxygens (including phenoxy) is 2. The van der Waals surface area contributed by atoms with E-state index < -0.39 is 0 Å². The van der Waals surface area contributed by atoms with Crippen LogP contribution in [0.2, 0.25) is 5.02 Å². The molecule has 1 N–H and O–H groups in total. The van der Waals surface area contributed by atoms with Gasteiger partial charge in [-0.15, -0.1) is 0 Å². The third-order valence-electron chi connectivity index (χ3n) is 3.14. The standard InChI is InChI=1S/C14H19ClN2O3/c1-16-9-11-12(15)3-2-4-13(11)20-10-14(18)17-5-7-19-8-6-17/h2-4,16H,5-10H2,1H3. The summed E-state index contributed by atoms with van der Waals surface area (Å²) in [5.41, 5.74) is 0.867. The minimum absolute atomic E-state index is 0.0244. The van der Waals surface area contributed by atoms with Crippen LogP contribution in [0, 0.1) is 0 Å². The van der Waals surface area contributed by atoms with Crippen LogP contribution in [-0.2, 0) is 16.1 Å². The first-order valence-corrected chi connectivity index (χ1v) is 7.00. The average Bonchev–Trinajstić information content (AvgIpc) is 2.48. The maximum Gasteiger partial charge on any atom is 0.260 e. The molecule has 1 heterocycles. The van der Waals surface area contributed by atoms with Crippen molar-refractivity contribution in [2.75, 3.05) is 40.0 Å². The van der Waals surface area contributed by atoms with Crippen LogP contribution < -0.4 is 10.1 Å². The number of hydrogen-bond donors (Lipinski definition) is 1. The molecule has 0 spiro atoms. The van der Waals surface area contributed by atoms with Crippen LogP contribution in [0.3, 0.4) is 0 Å². The molecule has 0 aromatic heterocycles. The van der Waals surface area contributed by atoms with Gasteiger partial charge in [0.25, 0.3) is 5.91 Å². The van der Waals surface area contributed by atoms with E-state index >= 15 is 0 Å². The van der Waals surface area contributed by atoms with Gasteiger partial charge in [-0.1, -0.05) is 17.7 Å². The molecular weight excluding hydrogens is 280 g/mol. The summed E-state index contributed by atoms with van der Waals surface area (Å²) >= 11 is 6.14. The summed E-state index contributed by atoms with van der Waals surface area (Å²) in [5.74, 6) is 0.622. The van der Waals surface area contributed by atoms with Gasteiger partial charge in [-0.05, 0) is 19.2 Å². The largest absolute Gasteiger partial charge is 0.483 e. The number of hydrogen-bond acceptors (Lipinski definition) is 4. The predicted molar refractivity (Wildman–Crippen MR) is 77.1 cm³/mol. The molecule has 20 heavy (non-hydrogen) atoms. The van der Waals surface area contributed by atoms with E-state index in [2.05, 4.69) is 5.32 Å². The van der Waals surface area contributed by atoms with Gasteiger partial charge in [0.05, 0.1) is 13.2 Å². The molecular formula is C14H19ClN2O3. The number of nitrogens with one attached hydrogen (secondary N) is 1. The van der Waals surface area contributed by atoms with Crippen LogP contribution in [0.5, 0.6) is 5.75 Å². The predicted octanol–water partition coefficient (Wildman–Crippen LogP) is 1.30. The molecule has 0 aliphatic carbocycles. The Morgan fingerprint density at radius 1 is 1.45 bits per heavy atom. The monoisotopic (exact) mass is 298 g/mol. The zero-order chi connectivity index (χ0) is 14.4. The van der Waals surface area contributed by atoms with Crippen LogP contribution in [0.15, 0.2) is 18.2 Å². The van der Waals surface area contributed by atoms with E-state index in [4.69, 9.17) is 21.1 Å². The van der Waals surface area contributed by atoms with E-state index in [1.165, 1.54) is 0 Å². The van der Waals surface area contributed by atoms with E-state index in [1.807, 2.05) is 25.2 Å². The number of rotatable bonds is 5.